The van der Waals surface area contributed by atoms with Gasteiger partial charge in [0.25, 0.3) is 5.91 Å². The number of rotatable bonds is 5. The van der Waals surface area contributed by atoms with Crippen LogP contribution in [0.3, 0.4) is 0 Å². The molecule has 156 valence electrons. The van der Waals surface area contributed by atoms with Crippen LogP contribution < -0.4 is 15.1 Å². The van der Waals surface area contributed by atoms with Crippen LogP contribution in [-0.2, 0) is 4.79 Å². The Morgan fingerprint density at radius 1 is 1.10 bits per heavy atom. The van der Waals surface area contributed by atoms with Crippen molar-refractivity contribution in [3.05, 3.63) is 70.9 Å². The van der Waals surface area contributed by atoms with Crippen LogP contribution in [0.25, 0.3) is 5.69 Å². The van der Waals surface area contributed by atoms with Crippen LogP contribution in [0.2, 0.25) is 5.02 Å². The highest BCUT2D eigenvalue weighted by atomic mass is 35.5. The number of para-hydroxylation sites is 1. The number of hydrogen-bond donors (Lipinski definition) is 2. The molecule has 0 spiro atoms. The van der Waals surface area contributed by atoms with Gasteiger partial charge in [0.15, 0.2) is 6.54 Å². The summed E-state index contributed by atoms with van der Waals surface area (Å²) in [5.74, 6) is 0.708. The number of aromatic nitrogens is 2. The number of anilines is 2. The van der Waals surface area contributed by atoms with Gasteiger partial charge in [-0.25, -0.2) is 4.68 Å². The van der Waals surface area contributed by atoms with E-state index in [0.717, 1.165) is 48.3 Å². The molecular weight excluding hydrogens is 398 g/mol. The topological polar surface area (TPSA) is 54.6 Å². The van der Waals surface area contributed by atoms with Crippen LogP contribution >= 0.6 is 11.6 Å². The van der Waals surface area contributed by atoms with E-state index in [4.69, 9.17) is 11.6 Å². The maximum atomic E-state index is 12.7. The monoisotopic (exact) mass is 424 g/mol. The summed E-state index contributed by atoms with van der Waals surface area (Å²) in [4.78, 5) is 16.3. The quantitative estimate of drug-likeness (QED) is 0.661. The second-order valence-electron chi connectivity index (χ2n) is 7.83. The lowest BCUT2D eigenvalue weighted by Crippen LogP contribution is -3.15. The fourth-order valence-corrected chi connectivity index (χ4v) is 4.09. The lowest BCUT2D eigenvalue weighted by Gasteiger charge is -2.33. The number of carbonyl (C=O) groups excluding carboxylic acids is 1. The van der Waals surface area contributed by atoms with Crippen LogP contribution in [0.5, 0.6) is 0 Å². The predicted molar refractivity (Wildman–Crippen MR) is 121 cm³/mol. The number of benzene rings is 2. The van der Waals surface area contributed by atoms with Crippen molar-refractivity contribution in [1.82, 2.24) is 9.78 Å². The van der Waals surface area contributed by atoms with Crippen LogP contribution in [0.15, 0.2) is 54.6 Å². The molecule has 0 bridgehead atoms. The largest absolute Gasteiger partial charge is 0.359 e. The molecule has 2 N–H and O–H groups in total. The Labute approximate surface area is 182 Å². The molecule has 1 aliphatic rings. The third-order valence-corrected chi connectivity index (χ3v) is 5.77. The zero-order chi connectivity index (χ0) is 21.1. The summed E-state index contributed by atoms with van der Waals surface area (Å²) in [6.07, 6.45) is 0. The van der Waals surface area contributed by atoms with E-state index in [0.29, 0.717) is 12.4 Å². The molecule has 1 aromatic heterocycles. The smallest absolute Gasteiger partial charge is 0.280 e. The first-order chi connectivity index (χ1) is 14.5. The number of piperazine rings is 1. The minimum absolute atomic E-state index is 0.00413. The minimum Gasteiger partial charge on any atom is -0.359 e. The average molecular weight is 425 g/mol. The van der Waals surface area contributed by atoms with E-state index in [1.807, 2.05) is 55.5 Å². The molecule has 7 heteroatoms. The lowest BCUT2D eigenvalue weighted by molar-refractivity contribution is -0.892. The number of amides is 1. The van der Waals surface area contributed by atoms with Crippen molar-refractivity contribution in [2.45, 2.75) is 13.8 Å². The summed E-state index contributed by atoms with van der Waals surface area (Å²) in [7, 11) is 0. The van der Waals surface area contributed by atoms with Crippen molar-refractivity contribution < 1.29 is 9.69 Å². The minimum atomic E-state index is 0.00413. The molecule has 6 nitrogen and oxygen atoms in total. The first-order valence-electron chi connectivity index (χ1n) is 10.3. The third kappa shape index (κ3) is 4.66. The maximum Gasteiger partial charge on any atom is 0.280 e. The second-order valence-corrected chi connectivity index (χ2v) is 8.24. The summed E-state index contributed by atoms with van der Waals surface area (Å²) in [5, 5.41) is 8.36. The van der Waals surface area contributed by atoms with Gasteiger partial charge in [0.05, 0.1) is 48.3 Å². The number of carbonyl (C=O) groups is 1. The van der Waals surface area contributed by atoms with E-state index in [2.05, 4.69) is 28.3 Å². The standard InChI is InChI=1S/C23H26ClN5O/c1-17-7-9-19(10-8-17)29-22(15-18(2)26-29)25-23(30)16-27-11-13-28(14-12-27)21-6-4-3-5-20(21)24/h3-10,15H,11-14,16H2,1-2H3,(H,25,30)/p+1. The van der Waals surface area contributed by atoms with E-state index in [1.54, 1.807) is 4.68 Å². The predicted octanol–water partition coefficient (Wildman–Crippen LogP) is 2.49. The molecule has 1 aliphatic heterocycles. The van der Waals surface area contributed by atoms with Gasteiger partial charge in [0.2, 0.25) is 0 Å². The van der Waals surface area contributed by atoms with E-state index in [-0.39, 0.29) is 5.91 Å². The molecule has 0 radical (unpaired) electrons. The van der Waals surface area contributed by atoms with E-state index < -0.39 is 0 Å². The van der Waals surface area contributed by atoms with Gasteiger partial charge >= 0.3 is 0 Å². The van der Waals surface area contributed by atoms with Gasteiger partial charge in [0, 0.05) is 6.07 Å². The van der Waals surface area contributed by atoms with Crippen LogP contribution in [0.1, 0.15) is 11.3 Å². The summed E-state index contributed by atoms with van der Waals surface area (Å²) < 4.78 is 1.79. The number of halogens is 1. The van der Waals surface area contributed by atoms with Crippen molar-refractivity contribution in [3.63, 3.8) is 0 Å². The molecule has 30 heavy (non-hydrogen) atoms. The Morgan fingerprint density at radius 3 is 2.50 bits per heavy atom. The highest BCUT2D eigenvalue weighted by Gasteiger charge is 2.24. The Kier molecular flexibility index (Phi) is 6.06. The van der Waals surface area contributed by atoms with Gasteiger partial charge in [-0.2, -0.15) is 5.10 Å². The van der Waals surface area contributed by atoms with Crippen molar-refractivity contribution in [3.8, 4) is 5.69 Å². The van der Waals surface area contributed by atoms with Crippen molar-refractivity contribution >= 4 is 29.0 Å². The molecule has 2 heterocycles. The molecule has 4 rings (SSSR count). The molecule has 1 saturated heterocycles. The summed E-state index contributed by atoms with van der Waals surface area (Å²) in [6.45, 7) is 7.98. The zero-order valence-corrected chi connectivity index (χ0v) is 18.1. The Morgan fingerprint density at radius 2 is 1.80 bits per heavy atom. The molecule has 2 aromatic carbocycles. The fourth-order valence-electron chi connectivity index (χ4n) is 3.83. The average Bonchev–Trinajstić information content (AvgIpc) is 3.09. The summed E-state index contributed by atoms with van der Waals surface area (Å²) >= 11 is 6.32. The Balaban J connectivity index is 1.36. The van der Waals surface area contributed by atoms with Crippen molar-refractivity contribution in [2.75, 3.05) is 42.9 Å². The zero-order valence-electron chi connectivity index (χ0n) is 17.4. The van der Waals surface area contributed by atoms with E-state index in [1.165, 1.54) is 10.5 Å². The molecule has 0 saturated carbocycles. The lowest BCUT2D eigenvalue weighted by atomic mass is 10.2. The number of hydrogen-bond acceptors (Lipinski definition) is 3. The van der Waals surface area contributed by atoms with Crippen LogP contribution in [0, 0.1) is 13.8 Å². The SMILES string of the molecule is Cc1ccc(-n2nc(C)cc2NC(=O)C[NH+]2CCN(c3ccccc3Cl)CC2)cc1. The van der Waals surface area contributed by atoms with Crippen molar-refractivity contribution in [1.29, 1.82) is 0 Å². The number of nitrogens with one attached hydrogen (secondary N) is 2. The summed E-state index contributed by atoms with van der Waals surface area (Å²) in [5.41, 5.74) is 4.06. The molecule has 0 aliphatic carbocycles. The van der Waals surface area contributed by atoms with Crippen LogP contribution in [-0.4, -0.2) is 48.4 Å². The van der Waals surface area contributed by atoms with Gasteiger partial charge in [-0.1, -0.05) is 41.4 Å². The molecular formula is C23H27ClN5O+. The number of aryl methyl sites for hydroxylation is 2. The highest BCUT2D eigenvalue weighted by Crippen LogP contribution is 2.24. The maximum absolute atomic E-state index is 12.7. The third-order valence-electron chi connectivity index (χ3n) is 5.45. The Bertz CT molecular complexity index is 1020. The summed E-state index contributed by atoms with van der Waals surface area (Å²) in [6, 6.07) is 17.9. The highest BCUT2D eigenvalue weighted by molar-refractivity contribution is 6.33. The van der Waals surface area contributed by atoms with Gasteiger partial charge < -0.3 is 15.1 Å². The first-order valence-corrected chi connectivity index (χ1v) is 10.6. The first kappa shape index (κ1) is 20.4. The van der Waals surface area contributed by atoms with Gasteiger partial charge in [-0.15, -0.1) is 0 Å². The number of nitrogens with zero attached hydrogens (tertiary/aromatic N) is 3. The van der Waals surface area contributed by atoms with Gasteiger partial charge in [0.1, 0.15) is 5.82 Å². The molecule has 1 amide bonds. The normalized spacial score (nSPS) is 14.7. The molecule has 3 aromatic rings. The van der Waals surface area contributed by atoms with E-state index in [9.17, 15) is 4.79 Å². The molecule has 1 fully saturated rings. The van der Waals surface area contributed by atoms with Gasteiger partial charge in [-0.3, -0.25) is 4.79 Å². The van der Waals surface area contributed by atoms with Gasteiger partial charge in [-0.05, 0) is 38.1 Å². The second kappa shape index (κ2) is 8.90. The Hall–Kier alpha value is -2.83. The van der Waals surface area contributed by atoms with E-state index >= 15 is 0 Å². The van der Waals surface area contributed by atoms with Crippen molar-refractivity contribution in [2.24, 2.45) is 0 Å². The molecule has 0 unspecified atom stereocenters. The fraction of sp³-hybridized carbons (Fsp3) is 0.304. The number of quaternary nitrogens is 1. The molecule has 0 atom stereocenters. The van der Waals surface area contributed by atoms with Crippen LogP contribution in [0.4, 0.5) is 11.5 Å².